The molecule has 2 unspecified atom stereocenters. The number of carbonyl (C=O) groups is 1. The van der Waals surface area contributed by atoms with Gasteiger partial charge in [0.05, 0.1) is 11.6 Å². The molecule has 0 aliphatic carbocycles. The van der Waals surface area contributed by atoms with Crippen molar-refractivity contribution in [2.24, 2.45) is 5.92 Å². The monoisotopic (exact) mass is 236 g/mol. The van der Waals surface area contributed by atoms with E-state index in [1.165, 1.54) is 0 Å². The summed E-state index contributed by atoms with van der Waals surface area (Å²) in [4.78, 5) is 17.3. The Labute approximate surface area is 102 Å². The van der Waals surface area contributed by atoms with Crippen LogP contribution < -0.4 is 0 Å². The van der Waals surface area contributed by atoms with E-state index >= 15 is 0 Å². The molecule has 0 aliphatic heterocycles. The average Bonchev–Trinajstić information content (AvgIpc) is 2.26. The van der Waals surface area contributed by atoms with E-state index in [1.807, 2.05) is 44.0 Å². The van der Waals surface area contributed by atoms with Crippen LogP contribution in [0.5, 0.6) is 0 Å². The summed E-state index contributed by atoms with van der Waals surface area (Å²) in [6.45, 7) is 6.27. The molecule has 1 aromatic rings. The lowest BCUT2D eigenvalue weighted by Crippen LogP contribution is -2.37. The number of aryl methyl sites for hydroxylation is 1. The predicted molar refractivity (Wildman–Crippen MR) is 66.7 cm³/mol. The highest BCUT2D eigenvalue weighted by Gasteiger charge is 2.23. The number of aromatic nitrogens is 1. The number of nitrogens with zero attached hydrogens (tertiary/aromatic N) is 2. The van der Waals surface area contributed by atoms with Gasteiger partial charge in [-0.05, 0) is 33.0 Å². The zero-order valence-electron chi connectivity index (χ0n) is 10.8. The van der Waals surface area contributed by atoms with Crippen LogP contribution in [0.1, 0.15) is 25.2 Å². The summed E-state index contributed by atoms with van der Waals surface area (Å²) < 4.78 is 0. The second-order valence-electron chi connectivity index (χ2n) is 4.55. The first-order valence-electron chi connectivity index (χ1n) is 5.77. The van der Waals surface area contributed by atoms with Crippen LogP contribution >= 0.6 is 0 Å². The van der Waals surface area contributed by atoms with Gasteiger partial charge in [0.2, 0.25) is 0 Å². The Morgan fingerprint density at radius 3 is 2.65 bits per heavy atom. The number of hydrogen-bond donors (Lipinski definition) is 1. The van der Waals surface area contributed by atoms with Crippen molar-refractivity contribution in [2.75, 3.05) is 7.05 Å². The Morgan fingerprint density at radius 1 is 1.47 bits per heavy atom. The largest absolute Gasteiger partial charge is 0.481 e. The topological polar surface area (TPSA) is 53.4 Å². The van der Waals surface area contributed by atoms with Crippen molar-refractivity contribution in [1.82, 2.24) is 9.88 Å². The van der Waals surface area contributed by atoms with Gasteiger partial charge in [0.15, 0.2) is 0 Å². The van der Waals surface area contributed by atoms with Gasteiger partial charge in [-0.25, -0.2) is 0 Å². The molecule has 2 atom stereocenters. The second kappa shape index (κ2) is 5.77. The highest BCUT2D eigenvalue weighted by molar-refractivity contribution is 5.70. The van der Waals surface area contributed by atoms with Gasteiger partial charge >= 0.3 is 5.97 Å². The molecular formula is C13H20N2O2. The van der Waals surface area contributed by atoms with E-state index < -0.39 is 5.97 Å². The van der Waals surface area contributed by atoms with Crippen molar-refractivity contribution in [1.29, 1.82) is 0 Å². The van der Waals surface area contributed by atoms with Crippen LogP contribution in [0, 0.1) is 12.8 Å². The van der Waals surface area contributed by atoms with E-state index in [0.717, 1.165) is 11.4 Å². The molecule has 0 saturated carbocycles. The highest BCUT2D eigenvalue weighted by Crippen LogP contribution is 2.12. The van der Waals surface area contributed by atoms with Crippen molar-refractivity contribution in [3.05, 3.63) is 29.6 Å². The third kappa shape index (κ3) is 3.82. The Hall–Kier alpha value is -1.42. The summed E-state index contributed by atoms with van der Waals surface area (Å²) in [6.07, 6.45) is 0. The molecule has 1 rings (SSSR count). The van der Waals surface area contributed by atoms with E-state index in [0.29, 0.717) is 6.54 Å². The SMILES string of the molecule is Cc1cccc(CN(C)C(C)C(C)C(=O)O)n1. The molecule has 1 aromatic heterocycles. The van der Waals surface area contributed by atoms with Gasteiger partial charge in [-0.15, -0.1) is 0 Å². The van der Waals surface area contributed by atoms with E-state index in [-0.39, 0.29) is 12.0 Å². The molecule has 0 aromatic carbocycles. The van der Waals surface area contributed by atoms with Crippen molar-refractivity contribution >= 4 is 5.97 Å². The minimum Gasteiger partial charge on any atom is -0.481 e. The third-order valence-corrected chi connectivity index (χ3v) is 3.17. The van der Waals surface area contributed by atoms with Crippen molar-refractivity contribution in [3.8, 4) is 0 Å². The number of rotatable bonds is 5. The van der Waals surface area contributed by atoms with E-state index in [2.05, 4.69) is 4.98 Å². The summed E-state index contributed by atoms with van der Waals surface area (Å²) in [5.74, 6) is -1.15. The fourth-order valence-corrected chi connectivity index (χ4v) is 1.68. The molecule has 0 spiro atoms. The van der Waals surface area contributed by atoms with Crippen LogP contribution in [0.15, 0.2) is 18.2 Å². The summed E-state index contributed by atoms with van der Waals surface area (Å²) in [7, 11) is 1.92. The molecule has 4 nitrogen and oxygen atoms in total. The zero-order chi connectivity index (χ0) is 13.0. The maximum absolute atomic E-state index is 10.9. The first kappa shape index (κ1) is 13.6. The molecule has 0 aliphatic rings. The van der Waals surface area contributed by atoms with Gasteiger partial charge in [0.1, 0.15) is 0 Å². The van der Waals surface area contributed by atoms with E-state index in [1.54, 1.807) is 6.92 Å². The molecule has 1 heterocycles. The molecule has 4 heteroatoms. The van der Waals surface area contributed by atoms with Crippen LogP contribution in [0.2, 0.25) is 0 Å². The molecule has 0 bridgehead atoms. The maximum atomic E-state index is 10.9. The maximum Gasteiger partial charge on any atom is 0.307 e. The molecular weight excluding hydrogens is 216 g/mol. The Balaban J connectivity index is 2.66. The fraction of sp³-hybridized carbons (Fsp3) is 0.538. The Morgan fingerprint density at radius 2 is 2.12 bits per heavy atom. The van der Waals surface area contributed by atoms with Crippen LogP contribution in [0.3, 0.4) is 0 Å². The highest BCUT2D eigenvalue weighted by atomic mass is 16.4. The molecule has 0 radical (unpaired) electrons. The summed E-state index contributed by atoms with van der Waals surface area (Å²) in [5, 5.41) is 8.97. The number of carboxylic acids is 1. The second-order valence-corrected chi connectivity index (χ2v) is 4.55. The normalized spacial score (nSPS) is 14.6. The molecule has 17 heavy (non-hydrogen) atoms. The van der Waals surface area contributed by atoms with Crippen molar-refractivity contribution in [3.63, 3.8) is 0 Å². The van der Waals surface area contributed by atoms with Gasteiger partial charge < -0.3 is 5.11 Å². The smallest absolute Gasteiger partial charge is 0.307 e. The standard InChI is InChI=1S/C13H20N2O2/c1-9-6-5-7-12(14-9)8-15(4)11(3)10(2)13(16)17/h5-7,10-11H,8H2,1-4H3,(H,16,17). The predicted octanol–water partition coefficient (Wildman–Crippen LogP) is 1.93. The summed E-state index contributed by atoms with van der Waals surface area (Å²) >= 11 is 0. The summed E-state index contributed by atoms with van der Waals surface area (Å²) in [6, 6.07) is 5.86. The third-order valence-electron chi connectivity index (χ3n) is 3.17. The minimum atomic E-state index is -0.762. The van der Waals surface area contributed by atoms with Crippen LogP contribution in [0.4, 0.5) is 0 Å². The van der Waals surface area contributed by atoms with Crippen molar-refractivity contribution < 1.29 is 9.90 Å². The van der Waals surface area contributed by atoms with Gasteiger partial charge in [-0.2, -0.15) is 0 Å². The number of hydrogen-bond acceptors (Lipinski definition) is 3. The first-order chi connectivity index (χ1) is 7.91. The lowest BCUT2D eigenvalue weighted by atomic mass is 10.0. The minimum absolute atomic E-state index is 0.0187. The molecule has 94 valence electrons. The van der Waals surface area contributed by atoms with Gasteiger partial charge in [-0.1, -0.05) is 13.0 Å². The van der Waals surface area contributed by atoms with Crippen LogP contribution in [-0.2, 0) is 11.3 Å². The zero-order valence-corrected chi connectivity index (χ0v) is 10.8. The molecule has 0 saturated heterocycles. The average molecular weight is 236 g/mol. The van der Waals surface area contributed by atoms with Gasteiger partial charge in [0, 0.05) is 18.3 Å². The van der Waals surface area contributed by atoms with Crippen LogP contribution in [0.25, 0.3) is 0 Å². The summed E-state index contributed by atoms with van der Waals surface area (Å²) in [5.41, 5.74) is 1.95. The van der Waals surface area contributed by atoms with E-state index in [4.69, 9.17) is 5.11 Å². The fourth-order valence-electron chi connectivity index (χ4n) is 1.68. The first-order valence-corrected chi connectivity index (χ1v) is 5.77. The lowest BCUT2D eigenvalue weighted by Gasteiger charge is -2.27. The quantitative estimate of drug-likeness (QED) is 0.848. The Bertz CT molecular complexity index is 393. The van der Waals surface area contributed by atoms with Crippen molar-refractivity contribution in [2.45, 2.75) is 33.4 Å². The Kier molecular flexibility index (Phi) is 4.63. The lowest BCUT2D eigenvalue weighted by molar-refractivity contribution is -0.143. The van der Waals surface area contributed by atoms with Gasteiger partial charge in [-0.3, -0.25) is 14.7 Å². The number of pyridine rings is 1. The molecule has 0 fully saturated rings. The van der Waals surface area contributed by atoms with Crippen LogP contribution in [-0.4, -0.2) is 34.0 Å². The number of carboxylic acid groups (broad SMARTS) is 1. The van der Waals surface area contributed by atoms with Gasteiger partial charge in [0.25, 0.3) is 0 Å². The molecule has 1 N–H and O–H groups in total. The van der Waals surface area contributed by atoms with E-state index in [9.17, 15) is 4.79 Å². The molecule has 0 amide bonds. The number of aliphatic carboxylic acids is 1.